The third kappa shape index (κ3) is 3.71. The molecule has 0 aliphatic carbocycles. The smallest absolute Gasteiger partial charge is 0.321 e. The van der Waals surface area contributed by atoms with Gasteiger partial charge in [-0.3, -0.25) is 4.90 Å². The highest BCUT2D eigenvalue weighted by atomic mass is 35.5. The standard InChI is InChI=1S/C16H23ClN4O2/c1-19-5-6-20-7-8-21(11-13(20)10-19)16(22)18-12-3-4-15(23-2)14(17)9-12/h3-4,9,13H,5-8,10-11H2,1-2H3,(H,18,22). The molecule has 2 aliphatic heterocycles. The maximum atomic E-state index is 12.5. The molecule has 2 amide bonds. The largest absolute Gasteiger partial charge is 0.495 e. The fourth-order valence-electron chi connectivity index (χ4n) is 3.24. The molecule has 6 nitrogen and oxygen atoms in total. The second-order valence-electron chi connectivity index (χ2n) is 6.18. The number of nitrogens with zero attached hydrogens (tertiary/aromatic N) is 3. The van der Waals surface area contributed by atoms with E-state index in [2.05, 4.69) is 22.2 Å². The van der Waals surface area contributed by atoms with E-state index < -0.39 is 0 Å². The monoisotopic (exact) mass is 338 g/mol. The van der Waals surface area contributed by atoms with Gasteiger partial charge in [-0.15, -0.1) is 0 Å². The summed E-state index contributed by atoms with van der Waals surface area (Å²) in [5, 5.41) is 3.42. The number of carbonyl (C=O) groups excluding carboxylic acids is 1. The molecule has 126 valence electrons. The lowest BCUT2D eigenvalue weighted by Crippen LogP contribution is -2.62. The number of nitrogens with one attached hydrogen (secondary N) is 1. The quantitative estimate of drug-likeness (QED) is 0.893. The summed E-state index contributed by atoms with van der Waals surface area (Å²) in [6, 6.07) is 5.62. The highest BCUT2D eigenvalue weighted by Crippen LogP contribution is 2.27. The maximum Gasteiger partial charge on any atom is 0.321 e. The van der Waals surface area contributed by atoms with E-state index in [1.165, 1.54) is 0 Å². The lowest BCUT2D eigenvalue weighted by molar-refractivity contribution is 0.0353. The number of halogens is 1. The predicted molar refractivity (Wildman–Crippen MR) is 91.5 cm³/mol. The Balaban J connectivity index is 1.61. The van der Waals surface area contributed by atoms with Crippen molar-refractivity contribution in [1.29, 1.82) is 0 Å². The number of ether oxygens (including phenoxy) is 1. The van der Waals surface area contributed by atoms with Crippen molar-refractivity contribution in [3.63, 3.8) is 0 Å². The number of hydrogen-bond acceptors (Lipinski definition) is 4. The molecule has 7 heteroatoms. The maximum absolute atomic E-state index is 12.5. The number of benzene rings is 1. The minimum atomic E-state index is -0.0703. The molecule has 2 fully saturated rings. The summed E-state index contributed by atoms with van der Waals surface area (Å²) in [5.41, 5.74) is 0.684. The first-order valence-electron chi connectivity index (χ1n) is 7.89. The van der Waals surface area contributed by atoms with Gasteiger partial charge in [0.1, 0.15) is 5.75 Å². The number of urea groups is 1. The SMILES string of the molecule is COc1ccc(NC(=O)N2CCN3CCN(C)CC3C2)cc1Cl. The Morgan fingerprint density at radius 2 is 2.04 bits per heavy atom. The molecule has 0 radical (unpaired) electrons. The van der Waals surface area contributed by atoms with Crippen molar-refractivity contribution >= 4 is 23.3 Å². The van der Waals surface area contributed by atoms with E-state index >= 15 is 0 Å². The Hall–Kier alpha value is -1.50. The van der Waals surface area contributed by atoms with Gasteiger partial charge in [-0.25, -0.2) is 4.79 Å². The summed E-state index contributed by atoms with van der Waals surface area (Å²) < 4.78 is 5.13. The van der Waals surface area contributed by atoms with E-state index in [4.69, 9.17) is 16.3 Å². The zero-order valence-electron chi connectivity index (χ0n) is 13.6. The summed E-state index contributed by atoms with van der Waals surface area (Å²) in [5.74, 6) is 0.600. The van der Waals surface area contributed by atoms with Crippen molar-refractivity contribution in [2.24, 2.45) is 0 Å². The lowest BCUT2D eigenvalue weighted by Gasteiger charge is -2.46. The first kappa shape index (κ1) is 16.4. The number of carbonyl (C=O) groups is 1. The molecule has 2 heterocycles. The van der Waals surface area contributed by atoms with E-state index in [0.717, 1.165) is 39.3 Å². The van der Waals surface area contributed by atoms with Gasteiger partial charge in [0.25, 0.3) is 0 Å². The molecular formula is C16H23ClN4O2. The number of piperazine rings is 2. The van der Waals surface area contributed by atoms with E-state index in [0.29, 0.717) is 22.5 Å². The van der Waals surface area contributed by atoms with Crippen molar-refractivity contribution in [1.82, 2.24) is 14.7 Å². The fourth-order valence-corrected chi connectivity index (χ4v) is 3.50. The Bertz CT molecular complexity index is 583. The first-order valence-corrected chi connectivity index (χ1v) is 8.26. The van der Waals surface area contributed by atoms with E-state index in [1.807, 2.05) is 4.90 Å². The van der Waals surface area contributed by atoms with Crippen molar-refractivity contribution in [3.05, 3.63) is 23.2 Å². The molecule has 1 atom stereocenters. The molecule has 1 aromatic rings. The van der Waals surface area contributed by atoms with Crippen LogP contribution in [0.5, 0.6) is 5.75 Å². The Labute approximate surface area is 141 Å². The van der Waals surface area contributed by atoms with Gasteiger partial charge < -0.3 is 19.9 Å². The summed E-state index contributed by atoms with van der Waals surface area (Å²) in [4.78, 5) is 19.2. The third-order valence-corrected chi connectivity index (χ3v) is 4.88. The molecule has 1 unspecified atom stereocenters. The molecular weight excluding hydrogens is 316 g/mol. The molecule has 0 bridgehead atoms. The minimum absolute atomic E-state index is 0.0703. The Morgan fingerprint density at radius 3 is 2.78 bits per heavy atom. The number of hydrogen-bond donors (Lipinski definition) is 1. The number of anilines is 1. The first-order chi connectivity index (χ1) is 11.1. The van der Waals surface area contributed by atoms with Gasteiger partial charge in [0.05, 0.1) is 12.1 Å². The summed E-state index contributed by atoms with van der Waals surface area (Å²) in [7, 11) is 3.70. The zero-order chi connectivity index (χ0) is 16.4. The average molecular weight is 339 g/mol. The van der Waals surface area contributed by atoms with Crippen LogP contribution in [0.1, 0.15) is 0 Å². The molecule has 0 spiro atoms. The van der Waals surface area contributed by atoms with E-state index in [9.17, 15) is 4.79 Å². The van der Waals surface area contributed by atoms with Crippen molar-refractivity contribution in [2.45, 2.75) is 6.04 Å². The lowest BCUT2D eigenvalue weighted by atomic mass is 10.1. The summed E-state index contributed by atoms with van der Waals surface area (Å²) >= 11 is 6.10. The van der Waals surface area contributed by atoms with Crippen LogP contribution >= 0.6 is 11.6 Å². The predicted octanol–water partition coefficient (Wildman–Crippen LogP) is 1.81. The van der Waals surface area contributed by atoms with Gasteiger partial charge in [0.2, 0.25) is 0 Å². The highest BCUT2D eigenvalue weighted by Gasteiger charge is 2.32. The summed E-state index contributed by atoms with van der Waals surface area (Å²) in [6.45, 7) is 5.67. The van der Waals surface area contributed by atoms with Crippen LogP contribution in [0.4, 0.5) is 10.5 Å². The molecule has 0 saturated carbocycles. The number of rotatable bonds is 2. The van der Waals surface area contributed by atoms with Crippen LogP contribution in [-0.2, 0) is 0 Å². The molecule has 2 saturated heterocycles. The Morgan fingerprint density at radius 1 is 1.26 bits per heavy atom. The molecule has 23 heavy (non-hydrogen) atoms. The zero-order valence-corrected chi connectivity index (χ0v) is 14.3. The third-order valence-electron chi connectivity index (χ3n) is 4.59. The van der Waals surface area contributed by atoms with Gasteiger partial charge in [-0.2, -0.15) is 0 Å². The van der Waals surface area contributed by atoms with Gasteiger partial charge in [-0.1, -0.05) is 11.6 Å². The van der Waals surface area contributed by atoms with Gasteiger partial charge >= 0.3 is 6.03 Å². The molecule has 0 aromatic heterocycles. The van der Waals surface area contributed by atoms with Crippen molar-refractivity contribution in [3.8, 4) is 5.75 Å². The second kappa shape index (κ2) is 6.95. The Kier molecular flexibility index (Phi) is 4.94. The number of fused-ring (bicyclic) bond motifs is 1. The summed E-state index contributed by atoms with van der Waals surface area (Å²) in [6.07, 6.45) is 0. The normalized spacial score (nSPS) is 22.6. The number of likely N-dealkylation sites (N-methyl/N-ethyl adjacent to an activating group) is 1. The van der Waals surface area contributed by atoms with Crippen LogP contribution in [0.2, 0.25) is 5.02 Å². The van der Waals surface area contributed by atoms with Crippen LogP contribution in [0.15, 0.2) is 18.2 Å². The molecule has 2 aliphatic rings. The highest BCUT2D eigenvalue weighted by molar-refractivity contribution is 6.32. The topological polar surface area (TPSA) is 48.1 Å². The van der Waals surface area contributed by atoms with Crippen molar-refractivity contribution < 1.29 is 9.53 Å². The van der Waals surface area contributed by atoms with E-state index in [-0.39, 0.29) is 6.03 Å². The average Bonchev–Trinajstić information content (AvgIpc) is 2.54. The van der Waals surface area contributed by atoms with Crippen LogP contribution < -0.4 is 10.1 Å². The number of methoxy groups -OCH3 is 1. The fraction of sp³-hybridized carbons (Fsp3) is 0.562. The second-order valence-corrected chi connectivity index (χ2v) is 6.58. The molecule has 3 rings (SSSR count). The van der Waals surface area contributed by atoms with Crippen LogP contribution in [-0.4, -0.2) is 80.2 Å². The van der Waals surface area contributed by atoms with Gasteiger partial charge in [-0.05, 0) is 25.2 Å². The molecule has 1 N–H and O–H groups in total. The van der Waals surface area contributed by atoms with Crippen LogP contribution in [0.3, 0.4) is 0 Å². The van der Waals surface area contributed by atoms with Gasteiger partial charge in [0.15, 0.2) is 0 Å². The van der Waals surface area contributed by atoms with Crippen LogP contribution in [0, 0.1) is 0 Å². The van der Waals surface area contributed by atoms with E-state index in [1.54, 1.807) is 25.3 Å². The minimum Gasteiger partial charge on any atom is -0.495 e. The van der Waals surface area contributed by atoms with Crippen molar-refractivity contribution in [2.75, 3.05) is 58.7 Å². The number of amides is 2. The van der Waals surface area contributed by atoms with Crippen LogP contribution in [0.25, 0.3) is 0 Å². The van der Waals surface area contributed by atoms with Gasteiger partial charge in [0, 0.05) is 51.0 Å². The molecule has 1 aromatic carbocycles.